The van der Waals surface area contributed by atoms with Crippen molar-refractivity contribution in [2.45, 2.75) is 52.0 Å². The lowest BCUT2D eigenvalue weighted by atomic mass is 9.99. The lowest BCUT2D eigenvalue weighted by molar-refractivity contribution is -0.161. The van der Waals surface area contributed by atoms with E-state index < -0.39 is 17.9 Å². The first-order valence-electron chi connectivity index (χ1n) is 9.88. The smallest absolute Gasteiger partial charge is 0.320 e. The highest BCUT2D eigenvalue weighted by Crippen LogP contribution is 2.22. The van der Waals surface area contributed by atoms with Crippen molar-refractivity contribution < 1.29 is 19.1 Å². The van der Waals surface area contributed by atoms with E-state index in [-0.39, 0.29) is 19.3 Å². The van der Waals surface area contributed by atoms with Crippen LogP contribution in [0.5, 0.6) is 0 Å². The largest absolute Gasteiger partial charge is 0.465 e. The zero-order chi connectivity index (χ0) is 20.4. The van der Waals surface area contributed by atoms with Crippen molar-refractivity contribution in [3.63, 3.8) is 0 Å². The number of carbonyl (C=O) groups is 2. The number of aromatic nitrogens is 3. The van der Waals surface area contributed by atoms with E-state index in [1.807, 2.05) is 35.0 Å². The molecular formula is C21H29N3O4. The molecule has 1 aromatic carbocycles. The molecule has 152 valence electrons. The Labute approximate surface area is 165 Å². The van der Waals surface area contributed by atoms with E-state index in [0.717, 1.165) is 36.7 Å². The van der Waals surface area contributed by atoms with Gasteiger partial charge in [0.1, 0.15) is 5.52 Å². The van der Waals surface area contributed by atoms with Crippen LogP contribution in [0.15, 0.2) is 36.9 Å². The Morgan fingerprint density at radius 3 is 2.36 bits per heavy atom. The van der Waals surface area contributed by atoms with Crippen LogP contribution in [0.4, 0.5) is 0 Å². The molecule has 0 aliphatic rings. The van der Waals surface area contributed by atoms with E-state index in [1.54, 1.807) is 13.8 Å². The molecule has 0 radical (unpaired) electrons. The maximum atomic E-state index is 12.0. The summed E-state index contributed by atoms with van der Waals surface area (Å²) in [6.45, 7) is 7.88. The van der Waals surface area contributed by atoms with Crippen molar-refractivity contribution in [3.8, 4) is 0 Å². The van der Waals surface area contributed by atoms with E-state index in [1.165, 1.54) is 0 Å². The molecule has 0 aliphatic carbocycles. The summed E-state index contributed by atoms with van der Waals surface area (Å²) in [6.07, 6.45) is 5.71. The summed E-state index contributed by atoms with van der Waals surface area (Å²) in [4.78, 5) is 24.0. The van der Waals surface area contributed by atoms with E-state index in [9.17, 15) is 9.59 Å². The molecule has 2 rings (SSSR count). The molecule has 1 heterocycles. The molecule has 0 aliphatic heterocycles. The molecule has 0 N–H and O–H groups in total. The Bertz CT molecular complexity index is 769. The third kappa shape index (κ3) is 5.65. The Morgan fingerprint density at radius 1 is 1.07 bits per heavy atom. The number of nitrogens with zero attached hydrogens (tertiary/aromatic N) is 3. The lowest BCUT2D eigenvalue weighted by Gasteiger charge is -2.15. The van der Waals surface area contributed by atoms with E-state index in [4.69, 9.17) is 9.47 Å². The summed E-state index contributed by atoms with van der Waals surface area (Å²) in [6, 6.07) is 7.89. The number of esters is 2. The van der Waals surface area contributed by atoms with Crippen molar-refractivity contribution in [2.75, 3.05) is 13.2 Å². The van der Waals surface area contributed by atoms with Crippen molar-refractivity contribution in [3.05, 3.63) is 36.9 Å². The molecule has 0 spiro atoms. The summed E-state index contributed by atoms with van der Waals surface area (Å²) in [7, 11) is 0. The van der Waals surface area contributed by atoms with Crippen LogP contribution in [0.3, 0.4) is 0 Å². The first-order chi connectivity index (χ1) is 13.6. The van der Waals surface area contributed by atoms with Crippen LogP contribution in [0.1, 0.15) is 52.0 Å². The quantitative estimate of drug-likeness (QED) is 0.238. The summed E-state index contributed by atoms with van der Waals surface area (Å²) < 4.78 is 11.9. The third-order valence-corrected chi connectivity index (χ3v) is 4.60. The van der Waals surface area contributed by atoms with Crippen LogP contribution in [0.25, 0.3) is 11.0 Å². The van der Waals surface area contributed by atoms with Gasteiger partial charge in [-0.1, -0.05) is 42.7 Å². The predicted octanol–water partition coefficient (Wildman–Crippen LogP) is 3.85. The molecule has 0 amide bonds. The fourth-order valence-corrected chi connectivity index (χ4v) is 3.17. The summed E-state index contributed by atoms with van der Waals surface area (Å²) in [5.41, 5.74) is 1.85. The van der Waals surface area contributed by atoms with Gasteiger partial charge in [-0.25, -0.2) is 4.68 Å². The SMILES string of the molecule is C=CC(CCCCCC(C(=O)OCC)C(=O)OCC)n1nnc2ccccc21. The molecule has 0 saturated carbocycles. The van der Waals surface area contributed by atoms with Gasteiger partial charge in [0, 0.05) is 0 Å². The summed E-state index contributed by atoms with van der Waals surface area (Å²) in [5.74, 6) is -1.84. The van der Waals surface area contributed by atoms with Gasteiger partial charge in [0.2, 0.25) is 0 Å². The fraction of sp³-hybridized carbons (Fsp3) is 0.524. The van der Waals surface area contributed by atoms with Crippen LogP contribution in [-0.4, -0.2) is 40.1 Å². The second-order valence-electron chi connectivity index (χ2n) is 6.52. The van der Waals surface area contributed by atoms with Crippen LogP contribution in [0.2, 0.25) is 0 Å². The minimum Gasteiger partial charge on any atom is -0.465 e. The molecule has 0 bridgehead atoms. The number of unbranched alkanes of at least 4 members (excludes halogenated alkanes) is 2. The number of rotatable bonds is 12. The minimum absolute atomic E-state index is 0.0540. The van der Waals surface area contributed by atoms with E-state index in [2.05, 4.69) is 16.9 Å². The Hall–Kier alpha value is -2.70. The highest BCUT2D eigenvalue weighted by atomic mass is 16.6. The molecule has 0 fully saturated rings. The number of hydrogen-bond donors (Lipinski definition) is 0. The molecule has 7 heteroatoms. The standard InChI is InChI=1S/C21H29N3O4/c1-4-16(24-19-15-11-10-14-18(19)22-23-24)12-8-7-9-13-17(20(25)27-5-2)21(26)28-6-3/h4,10-11,14-17H,1,5-9,12-13H2,2-3H3. The maximum absolute atomic E-state index is 12.0. The lowest BCUT2D eigenvalue weighted by Crippen LogP contribution is -2.28. The summed E-state index contributed by atoms with van der Waals surface area (Å²) >= 11 is 0. The Morgan fingerprint density at radius 2 is 1.71 bits per heavy atom. The monoisotopic (exact) mass is 387 g/mol. The zero-order valence-corrected chi connectivity index (χ0v) is 16.7. The van der Waals surface area contributed by atoms with Gasteiger partial charge in [-0.05, 0) is 38.8 Å². The van der Waals surface area contributed by atoms with Crippen molar-refractivity contribution in [2.24, 2.45) is 5.92 Å². The van der Waals surface area contributed by atoms with Gasteiger partial charge in [-0.2, -0.15) is 0 Å². The normalized spacial score (nSPS) is 12.1. The number of hydrogen-bond acceptors (Lipinski definition) is 6. The summed E-state index contributed by atoms with van der Waals surface area (Å²) in [5, 5.41) is 8.45. The van der Waals surface area contributed by atoms with E-state index in [0.29, 0.717) is 6.42 Å². The molecule has 0 saturated heterocycles. The Balaban J connectivity index is 1.85. The van der Waals surface area contributed by atoms with Crippen LogP contribution < -0.4 is 0 Å². The average Bonchev–Trinajstić information content (AvgIpc) is 3.12. The number of ether oxygens (including phenoxy) is 2. The molecule has 28 heavy (non-hydrogen) atoms. The molecule has 2 aromatic rings. The third-order valence-electron chi connectivity index (χ3n) is 4.60. The number of benzene rings is 1. The number of para-hydroxylation sites is 1. The van der Waals surface area contributed by atoms with Gasteiger partial charge < -0.3 is 9.47 Å². The Kier molecular flexibility index (Phi) is 8.65. The highest BCUT2D eigenvalue weighted by molar-refractivity contribution is 5.94. The molecule has 7 nitrogen and oxygen atoms in total. The molecule has 1 atom stereocenters. The number of fused-ring (bicyclic) bond motifs is 1. The van der Waals surface area contributed by atoms with Crippen molar-refractivity contribution in [1.82, 2.24) is 15.0 Å². The zero-order valence-electron chi connectivity index (χ0n) is 16.7. The van der Waals surface area contributed by atoms with Crippen molar-refractivity contribution in [1.29, 1.82) is 0 Å². The average molecular weight is 387 g/mol. The first-order valence-corrected chi connectivity index (χ1v) is 9.88. The van der Waals surface area contributed by atoms with Gasteiger partial charge in [0.15, 0.2) is 5.92 Å². The van der Waals surface area contributed by atoms with Crippen LogP contribution in [-0.2, 0) is 19.1 Å². The number of carbonyl (C=O) groups excluding carboxylic acids is 2. The van der Waals surface area contributed by atoms with Crippen LogP contribution >= 0.6 is 0 Å². The van der Waals surface area contributed by atoms with Gasteiger partial charge in [-0.3, -0.25) is 9.59 Å². The number of allylic oxidation sites excluding steroid dienone is 1. The van der Waals surface area contributed by atoms with E-state index >= 15 is 0 Å². The fourth-order valence-electron chi connectivity index (χ4n) is 3.17. The van der Waals surface area contributed by atoms with Gasteiger partial charge in [-0.15, -0.1) is 11.7 Å². The maximum Gasteiger partial charge on any atom is 0.320 e. The molecule has 1 unspecified atom stereocenters. The van der Waals surface area contributed by atoms with Crippen LogP contribution in [0, 0.1) is 5.92 Å². The molecular weight excluding hydrogens is 358 g/mol. The topological polar surface area (TPSA) is 83.3 Å². The second-order valence-corrected chi connectivity index (χ2v) is 6.52. The first kappa shape index (κ1) is 21.6. The predicted molar refractivity (Wildman–Crippen MR) is 107 cm³/mol. The second kappa shape index (κ2) is 11.2. The highest BCUT2D eigenvalue weighted by Gasteiger charge is 2.28. The molecule has 1 aromatic heterocycles. The van der Waals surface area contributed by atoms with Gasteiger partial charge >= 0.3 is 11.9 Å². The van der Waals surface area contributed by atoms with Gasteiger partial charge in [0.25, 0.3) is 0 Å². The minimum atomic E-state index is -0.839. The van der Waals surface area contributed by atoms with Gasteiger partial charge in [0.05, 0.1) is 24.8 Å². The van der Waals surface area contributed by atoms with Crippen molar-refractivity contribution >= 4 is 23.0 Å².